The van der Waals surface area contributed by atoms with Gasteiger partial charge in [-0.05, 0) is 64.7 Å². The van der Waals surface area contributed by atoms with Crippen LogP contribution in [-0.4, -0.2) is 23.8 Å². The van der Waals surface area contributed by atoms with Crippen molar-refractivity contribution >= 4 is 11.8 Å². The molecule has 1 aromatic rings. The third-order valence-corrected chi connectivity index (χ3v) is 3.31. The lowest BCUT2D eigenvalue weighted by Gasteiger charge is -2.25. The van der Waals surface area contributed by atoms with Crippen molar-refractivity contribution in [3.05, 3.63) is 29.3 Å². The highest BCUT2D eigenvalue weighted by Gasteiger charge is 2.29. The molecule has 116 valence electrons. The van der Waals surface area contributed by atoms with Crippen LogP contribution in [0.4, 0.5) is 10.5 Å². The molecule has 0 saturated heterocycles. The molecule has 0 unspecified atom stereocenters. The number of ether oxygens (including phenoxy) is 1. The standard InChI is InChI=1S/C17H26N2O2/c1-16(2,3)21-15(20)19-9-8-13-10-12(6-7-14(13)19)11-17(4,5)18/h6-7,10H,8-9,11,18H2,1-5H3. The number of fused-ring (bicyclic) bond motifs is 1. The number of anilines is 1. The van der Waals surface area contributed by atoms with Gasteiger partial charge in [-0.15, -0.1) is 0 Å². The van der Waals surface area contributed by atoms with E-state index in [4.69, 9.17) is 10.5 Å². The number of nitrogens with zero attached hydrogens (tertiary/aromatic N) is 1. The molecule has 1 heterocycles. The van der Waals surface area contributed by atoms with E-state index in [9.17, 15) is 4.79 Å². The fraction of sp³-hybridized carbons (Fsp3) is 0.588. The molecule has 2 rings (SSSR count). The van der Waals surface area contributed by atoms with Crippen molar-refractivity contribution in [3.63, 3.8) is 0 Å². The smallest absolute Gasteiger partial charge is 0.414 e. The van der Waals surface area contributed by atoms with Crippen LogP contribution in [0.25, 0.3) is 0 Å². The summed E-state index contributed by atoms with van der Waals surface area (Å²) in [5.74, 6) is 0. The second-order valence-electron chi connectivity index (χ2n) is 7.51. The van der Waals surface area contributed by atoms with E-state index in [-0.39, 0.29) is 11.6 Å². The van der Waals surface area contributed by atoms with E-state index in [1.165, 1.54) is 11.1 Å². The fourth-order valence-corrected chi connectivity index (χ4v) is 2.60. The molecule has 4 heteroatoms. The minimum atomic E-state index is -0.469. The first-order chi connectivity index (χ1) is 9.55. The van der Waals surface area contributed by atoms with Crippen molar-refractivity contribution in [1.29, 1.82) is 0 Å². The van der Waals surface area contributed by atoms with Gasteiger partial charge in [0.25, 0.3) is 0 Å². The van der Waals surface area contributed by atoms with Crippen molar-refractivity contribution in [2.75, 3.05) is 11.4 Å². The average molecular weight is 290 g/mol. The topological polar surface area (TPSA) is 55.6 Å². The number of nitrogens with two attached hydrogens (primary N) is 1. The van der Waals surface area contributed by atoms with E-state index in [0.717, 1.165) is 18.5 Å². The molecule has 1 aliphatic heterocycles. The first-order valence-electron chi connectivity index (χ1n) is 7.46. The SMILES string of the molecule is CC(C)(N)Cc1ccc2c(c1)CCN2C(=O)OC(C)(C)C. The molecule has 21 heavy (non-hydrogen) atoms. The van der Waals surface area contributed by atoms with Crippen LogP contribution in [-0.2, 0) is 17.6 Å². The van der Waals surface area contributed by atoms with Crippen LogP contribution in [0.3, 0.4) is 0 Å². The first kappa shape index (κ1) is 15.8. The Morgan fingerprint density at radius 2 is 1.95 bits per heavy atom. The van der Waals surface area contributed by atoms with Crippen LogP contribution in [0.15, 0.2) is 18.2 Å². The molecule has 0 atom stereocenters. The average Bonchev–Trinajstić information content (AvgIpc) is 2.67. The quantitative estimate of drug-likeness (QED) is 0.909. The molecule has 1 aliphatic rings. The van der Waals surface area contributed by atoms with E-state index >= 15 is 0 Å². The van der Waals surface area contributed by atoms with Crippen molar-refractivity contribution in [1.82, 2.24) is 0 Å². The Balaban J connectivity index is 2.16. The van der Waals surface area contributed by atoms with E-state index in [1.54, 1.807) is 4.90 Å². The van der Waals surface area contributed by atoms with Gasteiger partial charge in [-0.1, -0.05) is 12.1 Å². The maximum absolute atomic E-state index is 12.2. The Kier molecular flexibility index (Phi) is 4.02. The van der Waals surface area contributed by atoms with Crippen molar-refractivity contribution in [2.45, 2.75) is 58.6 Å². The first-order valence-corrected chi connectivity index (χ1v) is 7.46. The zero-order valence-corrected chi connectivity index (χ0v) is 13.7. The lowest BCUT2D eigenvalue weighted by molar-refractivity contribution is 0.0584. The summed E-state index contributed by atoms with van der Waals surface area (Å²) in [6, 6.07) is 6.22. The lowest BCUT2D eigenvalue weighted by atomic mass is 9.95. The van der Waals surface area contributed by atoms with E-state index in [0.29, 0.717) is 6.54 Å². The van der Waals surface area contributed by atoms with Gasteiger partial charge >= 0.3 is 6.09 Å². The van der Waals surface area contributed by atoms with Gasteiger partial charge in [0.05, 0.1) is 5.69 Å². The predicted molar refractivity (Wildman–Crippen MR) is 85.7 cm³/mol. The largest absolute Gasteiger partial charge is 0.443 e. The number of rotatable bonds is 2. The number of benzene rings is 1. The second-order valence-corrected chi connectivity index (χ2v) is 7.51. The third-order valence-electron chi connectivity index (χ3n) is 3.31. The zero-order valence-electron chi connectivity index (χ0n) is 13.7. The highest BCUT2D eigenvalue weighted by Crippen LogP contribution is 2.31. The van der Waals surface area contributed by atoms with Gasteiger partial charge in [-0.25, -0.2) is 4.79 Å². The Morgan fingerprint density at radius 1 is 1.29 bits per heavy atom. The molecule has 1 aromatic carbocycles. The van der Waals surface area contributed by atoms with Crippen molar-refractivity contribution in [2.24, 2.45) is 5.73 Å². The van der Waals surface area contributed by atoms with Crippen LogP contribution < -0.4 is 10.6 Å². The summed E-state index contributed by atoms with van der Waals surface area (Å²) in [6.45, 7) is 10.4. The van der Waals surface area contributed by atoms with E-state index < -0.39 is 5.60 Å². The third kappa shape index (κ3) is 4.21. The van der Waals surface area contributed by atoms with E-state index in [1.807, 2.05) is 40.7 Å². The van der Waals surface area contributed by atoms with Crippen molar-refractivity contribution < 1.29 is 9.53 Å². The van der Waals surface area contributed by atoms with Crippen LogP contribution in [0.5, 0.6) is 0 Å². The fourth-order valence-electron chi connectivity index (χ4n) is 2.60. The molecule has 1 amide bonds. The minimum absolute atomic E-state index is 0.225. The Labute approximate surface area is 127 Å². The monoisotopic (exact) mass is 290 g/mol. The number of carbonyl (C=O) groups excluding carboxylic acids is 1. The summed E-state index contributed by atoms with van der Waals surface area (Å²) >= 11 is 0. The van der Waals surface area contributed by atoms with Crippen molar-refractivity contribution in [3.8, 4) is 0 Å². The predicted octanol–water partition coefficient (Wildman–Crippen LogP) is 3.26. The maximum atomic E-state index is 12.2. The zero-order chi connectivity index (χ0) is 15.8. The number of hydrogen-bond acceptors (Lipinski definition) is 3. The van der Waals surface area contributed by atoms with Gasteiger partial charge < -0.3 is 10.5 Å². The van der Waals surface area contributed by atoms with Gasteiger partial charge in [-0.3, -0.25) is 4.90 Å². The molecule has 0 spiro atoms. The molecule has 0 bridgehead atoms. The normalized spacial score (nSPS) is 15.0. The molecule has 0 fully saturated rings. The van der Waals surface area contributed by atoms with Crippen LogP contribution >= 0.6 is 0 Å². The van der Waals surface area contributed by atoms with Gasteiger partial charge in [0.2, 0.25) is 0 Å². The van der Waals surface area contributed by atoms with Gasteiger partial charge in [0.1, 0.15) is 5.60 Å². The number of hydrogen-bond donors (Lipinski definition) is 1. The Morgan fingerprint density at radius 3 is 2.52 bits per heavy atom. The highest BCUT2D eigenvalue weighted by molar-refractivity contribution is 5.90. The second kappa shape index (κ2) is 5.34. The molecule has 0 aromatic heterocycles. The highest BCUT2D eigenvalue weighted by atomic mass is 16.6. The molecule has 2 N–H and O–H groups in total. The summed E-state index contributed by atoms with van der Waals surface area (Å²) in [4.78, 5) is 13.9. The summed E-state index contributed by atoms with van der Waals surface area (Å²) in [7, 11) is 0. The molecular weight excluding hydrogens is 264 g/mol. The Hall–Kier alpha value is -1.55. The van der Waals surface area contributed by atoms with Crippen LogP contribution in [0.2, 0.25) is 0 Å². The van der Waals surface area contributed by atoms with Gasteiger partial charge in [0, 0.05) is 12.1 Å². The lowest BCUT2D eigenvalue weighted by Crippen LogP contribution is -2.35. The van der Waals surface area contributed by atoms with Crippen LogP contribution in [0.1, 0.15) is 45.7 Å². The molecule has 0 aliphatic carbocycles. The van der Waals surface area contributed by atoms with Crippen LogP contribution in [0, 0.1) is 0 Å². The van der Waals surface area contributed by atoms with Gasteiger partial charge in [-0.2, -0.15) is 0 Å². The summed E-state index contributed by atoms with van der Waals surface area (Å²) in [5, 5.41) is 0. The summed E-state index contributed by atoms with van der Waals surface area (Å²) in [5.41, 5.74) is 8.75. The minimum Gasteiger partial charge on any atom is -0.443 e. The Bertz CT molecular complexity index is 539. The number of amides is 1. The molecule has 0 saturated carbocycles. The molecule has 0 radical (unpaired) electrons. The molecular formula is C17H26N2O2. The van der Waals surface area contributed by atoms with Gasteiger partial charge in [0.15, 0.2) is 0 Å². The summed E-state index contributed by atoms with van der Waals surface area (Å²) in [6.07, 6.45) is 1.42. The van der Waals surface area contributed by atoms with E-state index in [2.05, 4.69) is 12.1 Å². The number of carbonyl (C=O) groups is 1. The maximum Gasteiger partial charge on any atom is 0.414 e. The molecule has 4 nitrogen and oxygen atoms in total. The summed E-state index contributed by atoms with van der Waals surface area (Å²) < 4.78 is 5.46.